The maximum atomic E-state index is 12.4. The second-order valence-electron chi connectivity index (χ2n) is 6.94. The largest absolute Gasteiger partial charge is 0.496 e. The fourth-order valence-electron chi connectivity index (χ4n) is 3.49. The van der Waals surface area contributed by atoms with Crippen LogP contribution in [0.25, 0.3) is 0 Å². The molecule has 3 rings (SSSR count). The van der Waals surface area contributed by atoms with Gasteiger partial charge in [0.25, 0.3) is 5.91 Å². The molecule has 1 unspecified atom stereocenters. The normalized spacial score (nSPS) is 16.4. The molecule has 0 saturated carbocycles. The van der Waals surface area contributed by atoms with Gasteiger partial charge in [0.05, 0.1) is 13.7 Å². The summed E-state index contributed by atoms with van der Waals surface area (Å²) >= 11 is 0. The highest BCUT2D eigenvalue weighted by Crippen LogP contribution is 2.25. The Labute approximate surface area is 160 Å². The van der Waals surface area contributed by atoms with Crippen LogP contribution in [0.3, 0.4) is 0 Å². The van der Waals surface area contributed by atoms with Crippen LogP contribution in [0.1, 0.15) is 24.0 Å². The van der Waals surface area contributed by atoms with Gasteiger partial charge in [-0.05, 0) is 54.5 Å². The summed E-state index contributed by atoms with van der Waals surface area (Å²) in [5, 5.41) is 9.05. The van der Waals surface area contributed by atoms with Crippen molar-refractivity contribution in [1.29, 1.82) is 0 Å². The van der Waals surface area contributed by atoms with E-state index in [1.165, 1.54) is 5.56 Å². The number of methoxy groups -OCH3 is 1. The molecule has 1 fully saturated rings. The topological polar surface area (TPSA) is 59.0 Å². The van der Waals surface area contributed by atoms with Crippen molar-refractivity contribution in [3.8, 4) is 11.5 Å². The molecule has 1 aliphatic heterocycles. The van der Waals surface area contributed by atoms with Crippen molar-refractivity contribution < 1.29 is 19.4 Å². The molecule has 1 heterocycles. The fraction of sp³-hybridized carbons (Fsp3) is 0.409. The number of aliphatic hydroxyl groups excluding tert-OH is 1. The number of aryl methyl sites for hydroxylation is 1. The summed E-state index contributed by atoms with van der Waals surface area (Å²) < 4.78 is 11.0. The van der Waals surface area contributed by atoms with Gasteiger partial charge in [-0.25, -0.2) is 0 Å². The van der Waals surface area contributed by atoms with Crippen molar-refractivity contribution in [2.75, 3.05) is 26.8 Å². The van der Waals surface area contributed by atoms with E-state index in [0.29, 0.717) is 11.7 Å². The van der Waals surface area contributed by atoms with Crippen LogP contribution in [-0.2, 0) is 17.8 Å². The highest BCUT2D eigenvalue weighted by Gasteiger charge is 2.26. The number of hydrogen-bond donors (Lipinski definition) is 1. The highest BCUT2D eigenvalue weighted by molar-refractivity contribution is 5.78. The third kappa shape index (κ3) is 5.23. The third-order valence-electron chi connectivity index (χ3n) is 5.12. The van der Waals surface area contributed by atoms with E-state index in [0.717, 1.165) is 43.7 Å². The number of likely N-dealkylation sites (tertiary alicyclic amines) is 1. The van der Waals surface area contributed by atoms with Crippen LogP contribution in [0.5, 0.6) is 11.5 Å². The molecule has 1 N–H and O–H groups in total. The lowest BCUT2D eigenvalue weighted by molar-refractivity contribution is -0.132. The highest BCUT2D eigenvalue weighted by atomic mass is 16.5. The van der Waals surface area contributed by atoms with Gasteiger partial charge in [-0.1, -0.05) is 30.3 Å². The molecule has 2 aromatic carbocycles. The molecule has 0 radical (unpaired) electrons. The Bertz CT molecular complexity index is 744. The van der Waals surface area contributed by atoms with E-state index in [-0.39, 0.29) is 19.1 Å². The van der Waals surface area contributed by atoms with Gasteiger partial charge in [0.15, 0.2) is 6.61 Å². The Hall–Kier alpha value is -2.53. The Kier molecular flexibility index (Phi) is 6.71. The molecule has 1 atom stereocenters. The summed E-state index contributed by atoms with van der Waals surface area (Å²) in [6.45, 7) is 1.64. The predicted molar refractivity (Wildman–Crippen MR) is 104 cm³/mol. The molecule has 0 bridgehead atoms. The number of aliphatic hydroxyl groups is 1. The van der Waals surface area contributed by atoms with Crippen molar-refractivity contribution in [2.45, 2.75) is 25.9 Å². The summed E-state index contributed by atoms with van der Waals surface area (Å²) in [4.78, 5) is 14.3. The second-order valence-corrected chi connectivity index (χ2v) is 6.94. The van der Waals surface area contributed by atoms with E-state index >= 15 is 0 Å². The molecule has 1 amide bonds. The van der Waals surface area contributed by atoms with Crippen molar-refractivity contribution >= 4 is 5.91 Å². The van der Waals surface area contributed by atoms with Crippen LogP contribution >= 0.6 is 0 Å². The SMILES string of the molecule is COc1ccccc1CCC1CCN(C(=O)COc2ccc(CO)cc2)C1. The van der Waals surface area contributed by atoms with E-state index in [2.05, 4.69) is 6.07 Å². The minimum absolute atomic E-state index is 0.00321. The number of hydrogen-bond acceptors (Lipinski definition) is 4. The van der Waals surface area contributed by atoms with Crippen molar-refractivity contribution in [1.82, 2.24) is 4.90 Å². The van der Waals surface area contributed by atoms with Gasteiger partial charge in [0, 0.05) is 13.1 Å². The first-order chi connectivity index (χ1) is 13.2. The molecule has 1 aliphatic rings. The van der Waals surface area contributed by atoms with Crippen LogP contribution < -0.4 is 9.47 Å². The number of ether oxygens (including phenoxy) is 2. The average molecular weight is 369 g/mol. The first-order valence-corrected chi connectivity index (χ1v) is 9.42. The van der Waals surface area contributed by atoms with Gasteiger partial charge in [0.1, 0.15) is 11.5 Å². The molecule has 144 valence electrons. The quantitative estimate of drug-likeness (QED) is 0.777. The minimum Gasteiger partial charge on any atom is -0.496 e. The number of nitrogens with zero attached hydrogens (tertiary/aromatic N) is 1. The molecular weight excluding hydrogens is 342 g/mol. The molecule has 1 saturated heterocycles. The lowest BCUT2D eigenvalue weighted by Crippen LogP contribution is -2.33. The number of benzene rings is 2. The molecule has 0 aromatic heterocycles. The van der Waals surface area contributed by atoms with Gasteiger partial charge in [-0.3, -0.25) is 4.79 Å². The smallest absolute Gasteiger partial charge is 0.260 e. The molecule has 5 heteroatoms. The van der Waals surface area contributed by atoms with E-state index in [4.69, 9.17) is 14.6 Å². The van der Waals surface area contributed by atoms with Gasteiger partial charge in [0.2, 0.25) is 0 Å². The zero-order chi connectivity index (χ0) is 19.1. The summed E-state index contributed by atoms with van der Waals surface area (Å²) in [7, 11) is 1.70. The van der Waals surface area contributed by atoms with Crippen molar-refractivity contribution in [2.24, 2.45) is 5.92 Å². The number of amides is 1. The Balaban J connectivity index is 1.43. The van der Waals surface area contributed by atoms with E-state index in [1.807, 2.05) is 23.1 Å². The van der Waals surface area contributed by atoms with E-state index in [1.54, 1.807) is 31.4 Å². The molecule has 2 aromatic rings. The third-order valence-corrected chi connectivity index (χ3v) is 5.12. The predicted octanol–water partition coefficient (Wildman–Crippen LogP) is 3.05. The number of rotatable bonds is 8. The Morgan fingerprint density at radius 2 is 1.96 bits per heavy atom. The van der Waals surface area contributed by atoms with Gasteiger partial charge in [-0.15, -0.1) is 0 Å². The maximum Gasteiger partial charge on any atom is 0.260 e. The zero-order valence-corrected chi connectivity index (χ0v) is 15.8. The molecule has 27 heavy (non-hydrogen) atoms. The van der Waals surface area contributed by atoms with E-state index < -0.39 is 0 Å². The molecular formula is C22H27NO4. The number of carbonyl (C=O) groups is 1. The van der Waals surface area contributed by atoms with E-state index in [9.17, 15) is 4.79 Å². The lowest BCUT2D eigenvalue weighted by atomic mass is 9.98. The Morgan fingerprint density at radius 1 is 1.19 bits per heavy atom. The van der Waals surface area contributed by atoms with Gasteiger partial charge >= 0.3 is 0 Å². The first kappa shape index (κ1) is 19.2. The summed E-state index contributed by atoms with van der Waals surface area (Å²) in [6.07, 6.45) is 3.05. The second kappa shape index (κ2) is 9.42. The van der Waals surface area contributed by atoms with Crippen molar-refractivity contribution in [3.63, 3.8) is 0 Å². The van der Waals surface area contributed by atoms with Crippen LogP contribution in [-0.4, -0.2) is 42.7 Å². The lowest BCUT2D eigenvalue weighted by Gasteiger charge is -2.17. The van der Waals surface area contributed by atoms with Crippen LogP contribution in [0.15, 0.2) is 48.5 Å². The monoisotopic (exact) mass is 369 g/mol. The Morgan fingerprint density at radius 3 is 2.70 bits per heavy atom. The summed E-state index contributed by atoms with van der Waals surface area (Å²) in [6, 6.07) is 15.3. The average Bonchev–Trinajstić information content (AvgIpc) is 3.20. The maximum absolute atomic E-state index is 12.4. The molecule has 0 aliphatic carbocycles. The number of carbonyl (C=O) groups excluding carboxylic acids is 1. The van der Waals surface area contributed by atoms with Crippen LogP contribution in [0, 0.1) is 5.92 Å². The zero-order valence-electron chi connectivity index (χ0n) is 15.8. The first-order valence-electron chi connectivity index (χ1n) is 9.42. The van der Waals surface area contributed by atoms with Gasteiger partial charge in [-0.2, -0.15) is 0 Å². The van der Waals surface area contributed by atoms with Crippen LogP contribution in [0.2, 0.25) is 0 Å². The number of para-hydroxylation sites is 1. The standard InChI is InChI=1S/C22H27NO4/c1-26-21-5-3-2-4-19(21)9-6-17-12-13-23(14-17)22(25)16-27-20-10-7-18(15-24)8-11-20/h2-5,7-8,10-11,17,24H,6,9,12-16H2,1H3. The van der Waals surface area contributed by atoms with Crippen LogP contribution in [0.4, 0.5) is 0 Å². The summed E-state index contributed by atoms with van der Waals surface area (Å²) in [5.74, 6) is 2.13. The molecule has 0 spiro atoms. The van der Waals surface area contributed by atoms with Gasteiger partial charge < -0.3 is 19.5 Å². The van der Waals surface area contributed by atoms with Crippen molar-refractivity contribution in [3.05, 3.63) is 59.7 Å². The summed E-state index contributed by atoms with van der Waals surface area (Å²) in [5.41, 5.74) is 2.05. The minimum atomic E-state index is 0.00321. The fourth-order valence-corrected chi connectivity index (χ4v) is 3.49. The molecule has 5 nitrogen and oxygen atoms in total.